The van der Waals surface area contributed by atoms with Crippen LogP contribution < -0.4 is 0 Å². The Balaban J connectivity index is 3.04. The normalized spacial score (nSPS) is 13.1. The average molecular weight is 332 g/mol. The van der Waals surface area contributed by atoms with E-state index in [4.69, 9.17) is 0 Å². The Hall–Kier alpha value is -0.480. The minimum absolute atomic E-state index is 0.872. The summed E-state index contributed by atoms with van der Waals surface area (Å²) in [6.45, 7) is 2.09. The van der Waals surface area contributed by atoms with Crippen molar-refractivity contribution in [3.8, 4) is 0 Å². The molecule has 0 aliphatic rings. The fourth-order valence-corrected chi connectivity index (χ4v) is 1.60. The summed E-state index contributed by atoms with van der Waals surface area (Å²) in [6.07, 6.45) is 4.71. The van der Waals surface area contributed by atoms with Crippen LogP contribution in [-0.2, 0) is 0 Å². The van der Waals surface area contributed by atoms with Gasteiger partial charge in [0.1, 0.15) is 0 Å². The minimum atomic E-state index is 0.872. The van der Waals surface area contributed by atoms with Gasteiger partial charge in [-0.1, -0.05) is 38.8 Å². The Kier molecular flexibility index (Phi) is 5.19. The highest BCUT2D eigenvalue weighted by Crippen LogP contribution is 2.14. The molecule has 0 bridgehead atoms. The lowest BCUT2D eigenvalue weighted by Crippen LogP contribution is -2.00. The third kappa shape index (κ3) is 3.87. The molecule has 4 heteroatoms. The Morgan fingerprint density at radius 1 is 1.60 bits per heavy atom. The van der Waals surface area contributed by atoms with Crippen LogP contribution in [0.25, 0.3) is 0 Å². The van der Waals surface area contributed by atoms with Crippen molar-refractivity contribution in [3.05, 3.63) is 39.1 Å². The summed E-state index contributed by atoms with van der Waals surface area (Å²) in [7, 11) is 1.77. The van der Waals surface area contributed by atoms with Gasteiger partial charge < -0.3 is 0 Å². The summed E-state index contributed by atoms with van der Waals surface area (Å²) >= 11 is 6.89. The van der Waals surface area contributed by atoms with Crippen LogP contribution in [0.15, 0.2) is 38.4 Å². The molecular weight excluding hydrogens is 320 g/mol. The molecule has 15 heavy (non-hydrogen) atoms. The van der Waals surface area contributed by atoms with E-state index >= 15 is 0 Å². The molecule has 0 amide bonds. The number of pyridine rings is 1. The quantitative estimate of drug-likeness (QED) is 0.770. The van der Waals surface area contributed by atoms with Crippen LogP contribution >= 0.6 is 31.9 Å². The molecule has 0 saturated carbocycles. The molecule has 0 aromatic carbocycles. The van der Waals surface area contributed by atoms with Crippen LogP contribution in [-0.4, -0.2) is 17.7 Å². The zero-order valence-electron chi connectivity index (χ0n) is 8.67. The first kappa shape index (κ1) is 12.6. The van der Waals surface area contributed by atoms with E-state index in [1.54, 1.807) is 13.2 Å². The number of rotatable bonds is 3. The Labute approximate surface area is 107 Å². The molecule has 0 fully saturated rings. The second-order valence-electron chi connectivity index (χ2n) is 2.91. The second-order valence-corrected chi connectivity index (χ2v) is 4.85. The lowest BCUT2D eigenvalue weighted by Gasteiger charge is -2.01. The molecule has 0 saturated heterocycles. The topological polar surface area (TPSA) is 25.2 Å². The smallest absolute Gasteiger partial charge is 0.0893 e. The van der Waals surface area contributed by atoms with Crippen LogP contribution in [0.4, 0.5) is 0 Å². The maximum atomic E-state index is 4.27. The predicted molar refractivity (Wildman–Crippen MR) is 71.7 cm³/mol. The number of nitrogens with zero attached hydrogens (tertiary/aromatic N) is 2. The van der Waals surface area contributed by atoms with Crippen molar-refractivity contribution in [2.45, 2.75) is 13.3 Å². The molecule has 0 aliphatic heterocycles. The highest BCUT2D eigenvalue weighted by Gasteiger charge is 2.02. The van der Waals surface area contributed by atoms with E-state index in [9.17, 15) is 0 Å². The minimum Gasteiger partial charge on any atom is -0.286 e. The zero-order valence-corrected chi connectivity index (χ0v) is 11.8. The second kappa shape index (κ2) is 6.18. The van der Waals surface area contributed by atoms with Crippen molar-refractivity contribution in [1.29, 1.82) is 0 Å². The molecule has 80 valence electrons. The number of halogens is 2. The first-order valence-corrected chi connectivity index (χ1v) is 6.20. The molecule has 2 nitrogen and oxygen atoms in total. The molecule has 0 radical (unpaired) electrons. The van der Waals surface area contributed by atoms with Gasteiger partial charge in [-0.25, -0.2) is 0 Å². The molecule has 1 aromatic heterocycles. The Bertz CT molecular complexity index is 397. The fraction of sp³-hybridized carbons (Fsp3) is 0.273. The van der Waals surface area contributed by atoms with Crippen LogP contribution in [0.1, 0.15) is 19.0 Å². The van der Waals surface area contributed by atoms with Crippen molar-refractivity contribution in [1.82, 2.24) is 4.98 Å². The van der Waals surface area contributed by atoms with E-state index in [2.05, 4.69) is 48.8 Å². The lowest BCUT2D eigenvalue weighted by molar-refractivity contribution is 1.20. The van der Waals surface area contributed by atoms with Gasteiger partial charge in [-0.05, 0) is 29.1 Å². The van der Waals surface area contributed by atoms with Gasteiger partial charge in [0.2, 0.25) is 0 Å². The summed E-state index contributed by atoms with van der Waals surface area (Å²) in [5.74, 6) is 0. The molecule has 0 unspecified atom stereocenters. The monoisotopic (exact) mass is 330 g/mol. The Morgan fingerprint density at radius 3 is 2.87 bits per heavy atom. The average Bonchev–Trinajstić information content (AvgIpc) is 2.25. The van der Waals surface area contributed by atoms with E-state index in [0.717, 1.165) is 26.8 Å². The molecular formula is C11H12Br2N2. The van der Waals surface area contributed by atoms with Gasteiger partial charge in [-0.15, -0.1) is 0 Å². The largest absolute Gasteiger partial charge is 0.286 e. The summed E-state index contributed by atoms with van der Waals surface area (Å²) in [5, 5.41) is 0. The van der Waals surface area contributed by atoms with Gasteiger partial charge >= 0.3 is 0 Å². The predicted octanol–water partition coefficient (Wildman–Crippen LogP) is 3.95. The van der Waals surface area contributed by atoms with E-state index in [0.29, 0.717) is 0 Å². The van der Waals surface area contributed by atoms with Gasteiger partial charge in [0.25, 0.3) is 0 Å². The number of allylic oxidation sites excluding steroid dienone is 2. The van der Waals surface area contributed by atoms with Crippen LogP contribution in [0.3, 0.4) is 0 Å². The summed E-state index contributed by atoms with van der Waals surface area (Å²) in [5.41, 5.74) is 1.75. The molecule has 0 N–H and O–H groups in total. The van der Waals surface area contributed by atoms with Crippen LogP contribution in [0, 0.1) is 0 Å². The molecule has 0 spiro atoms. The molecule has 0 atom stereocenters. The summed E-state index contributed by atoms with van der Waals surface area (Å²) in [6, 6.07) is 3.85. The van der Waals surface area contributed by atoms with Crippen molar-refractivity contribution >= 4 is 37.6 Å². The van der Waals surface area contributed by atoms with Crippen molar-refractivity contribution in [2.24, 2.45) is 4.99 Å². The maximum absolute atomic E-state index is 4.27. The molecule has 0 aliphatic carbocycles. The highest BCUT2D eigenvalue weighted by molar-refractivity contribution is 9.11. The highest BCUT2D eigenvalue weighted by atomic mass is 79.9. The fourth-order valence-electron chi connectivity index (χ4n) is 1.05. The number of hydrogen-bond acceptors (Lipinski definition) is 2. The third-order valence-electron chi connectivity index (χ3n) is 1.86. The first-order valence-electron chi connectivity index (χ1n) is 4.62. The van der Waals surface area contributed by atoms with E-state index < -0.39 is 0 Å². The van der Waals surface area contributed by atoms with E-state index in [1.165, 1.54) is 0 Å². The first-order chi connectivity index (χ1) is 7.17. The molecule has 1 aromatic rings. The maximum Gasteiger partial charge on any atom is 0.0893 e. The number of aliphatic imine (C=N–C) groups is 1. The van der Waals surface area contributed by atoms with Gasteiger partial charge in [-0.2, -0.15) is 0 Å². The van der Waals surface area contributed by atoms with Gasteiger partial charge in [-0.3, -0.25) is 9.98 Å². The SMILES string of the molecule is CC/C(Br)=C\C(=NC)c1cc(Br)ccn1. The summed E-state index contributed by atoms with van der Waals surface area (Å²) < 4.78 is 2.12. The number of hydrogen-bond donors (Lipinski definition) is 0. The Morgan fingerprint density at radius 2 is 2.33 bits per heavy atom. The van der Waals surface area contributed by atoms with E-state index in [-0.39, 0.29) is 0 Å². The van der Waals surface area contributed by atoms with Crippen molar-refractivity contribution < 1.29 is 0 Å². The van der Waals surface area contributed by atoms with Gasteiger partial charge in [0, 0.05) is 17.7 Å². The van der Waals surface area contributed by atoms with Crippen molar-refractivity contribution in [2.75, 3.05) is 7.05 Å². The van der Waals surface area contributed by atoms with Crippen molar-refractivity contribution in [3.63, 3.8) is 0 Å². The molecule has 1 rings (SSSR count). The third-order valence-corrected chi connectivity index (χ3v) is 3.14. The standard InChI is InChI=1S/C11H12Br2N2/c1-3-8(12)6-10(14-2)11-7-9(13)4-5-15-11/h4-7H,3H2,1-2H3/b8-6+,14-10?. The number of aromatic nitrogens is 1. The van der Waals surface area contributed by atoms with Gasteiger partial charge in [0.15, 0.2) is 0 Å². The van der Waals surface area contributed by atoms with Crippen LogP contribution in [0.2, 0.25) is 0 Å². The van der Waals surface area contributed by atoms with Crippen LogP contribution in [0.5, 0.6) is 0 Å². The molecule has 1 heterocycles. The van der Waals surface area contributed by atoms with Gasteiger partial charge in [0.05, 0.1) is 11.4 Å². The zero-order chi connectivity index (χ0) is 11.3. The lowest BCUT2D eigenvalue weighted by atomic mass is 10.2. The summed E-state index contributed by atoms with van der Waals surface area (Å²) in [4.78, 5) is 8.49. The van der Waals surface area contributed by atoms with E-state index in [1.807, 2.05) is 18.2 Å².